The Labute approximate surface area is 192 Å². The van der Waals surface area contributed by atoms with Crippen LogP contribution in [0.1, 0.15) is 21.5 Å². The Morgan fingerprint density at radius 3 is 2.30 bits per heavy atom. The molecule has 0 radical (unpaired) electrons. The highest BCUT2D eigenvalue weighted by Gasteiger charge is 2.20. The molecule has 162 valence electrons. The number of H-pyrrole nitrogens is 1. The normalized spacial score (nSPS) is 10.9. The van der Waals surface area contributed by atoms with Crippen LogP contribution in [0.2, 0.25) is 0 Å². The topological polar surface area (TPSA) is 70.7 Å². The Bertz CT molecular complexity index is 1390. The van der Waals surface area contributed by atoms with Crippen LogP contribution in [-0.2, 0) is 6.42 Å². The Kier molecular flexibility index (Phi) is 5.68. The number of fused-ring (bicyclic) bond motifs is 1. The number of amides is 1. The van der Waals surface area contributed by atoms with Crippen LogP contribution in [0.4, 0.5) is 0 Å². The van der Waals surface area contributed by atoms with E-state index in [-0.39, 0.29) is 5.91 Å². The minimum absolute atomic E-state index is 0.134. The number of carbonyl (C=O) groups excluding carboxylic acids is 1. The largest absolute Gasteiger partial charge is 0.352 e. The van der Waals surface area contributed by atoms with Gasteiger partial charge in [0, 0.05) is 17.7 Å². The number of benzene rings is 3. The zero-order valence-electron chi connectivity index (χ0n) is 18.4. The predicted octanol–water partition coefficient (Wildman–Crippen LogP) is 5.57. The van der Waals surface area contributed by atoms with Crippen LogP contribution in [0.25, 0.3) is 33.5 Å². The molecule has 3 aromatic carbocycles. The molecule has 2 aromatic heterocycles. The van der Waals surface area contributed by atoms with Crippen molar-refractivity contribution in [2.45, 2.75) is 13.3 Å². The molecule has 0 unspecified atom stereocenters. The third kappa shape index (κ3) is 4.39. The van der Waals surface area contributed by atoms with E-state index in [1.165, 1.54) is 11.1 Å². The van der Waals surface area contributed by atoms with Gasteiger partial charge >= 0.3 is 0 Å². The summed E-state index contributed by atoms with van der Waals surface area (Å²) in [5, 5.41) is 11.4. The summed E-state index contributed by atoms with van der Waals surface area (Å²) in [7, 11) is 0. The summed E-state index contributed by atoms with van der Waals surface area (Å²) >= 11 is 0. The van der Waals surface area contributed by atoms with E-state index < -0.39 is 0 Å². The zero-order chi connectivity index (χ0) is 22.6. The molecule has 1 amide bonds. The number of aromatic amines is 1. The first-order chi connectivity index (χ1) is 16.2. The molecule has 0 fully saturated rings. The van der Waals surface area contributed by atoms with Crippen LogP contribution >= 0.6 is 0 Å². The Morgan fingerprint density at radius 1 is 0.879 bits per heavy atom. The molecule has 0 aliphatic rings. The molecule has 33 heavy (non-hydrogen) atoms. The van der Waals surface area contributed by atoms with Crippen LogP contribution in [0, 0.1) is 6.92 Å². The first kappa shape index (κ1) is 20.6. The van der Waals surface area contributed by atoms with E-state index in [9.17, 15) is 4.79 Å². The van der Waals surface area contributed by atoms with Crippen molar-refractivity contribution in [1.82, 2.24) is 20.5 Å². The number of aromatic nitrogens is 3. The number of nitrogens with one attached hydrogen (secondary N) is 2. The molecule has 0 saturated carbocycles. The maximum absolute atomic E-state index is 13.4. The van der Waals surface area contributed by atoms with Gasteiger partial charge < -0.3 is 5.32 Å². The molecule has 0 saturated heterocycles. The van der Waals surface area contributed by atoms with Crippen LogP contribution in [-0.4, -0.2) is 27.6 Å². The third-order valence-electron chi connectivity index (χ3n) is 5.72. The average Bonchev–Trinajstić information content (AvgIpc) is 3.29. The van der Waals surface area contributed by atoms with Gasteiger partial charge in [0.2, 0.25) is 0 Å². The summed E-state index contributed by atoms with van der Waals surface area (Å²) in [6, 6.07) is 30.0. The molecule has 5 nitrogen and oxygen atoms in total. The van der Waals surface area contributed by atoms with Gasteiger partial charge in [-0.25, -0.2) is 4.98 Å². The standard InChI is InChI=1S/C28H24N4O/c1-19-12-14-21(15-13-19)24-18-23(28(33)29-17-16-20-8-4-2-5-9-20)25-26(31-32-27(25)30-24)22-10-6-3-7-11-22/h2-15,18H,16-17H2,1H3,(H,29,33)(H,30,31,32). The Balaban J connectivity index is 1.55. The van der Waals surface area contributed by atoms with E-state index in [1.807, 2.05) is 85.8 Å². The van der Waals surface area contributed by atoms with Crippen molar-refractivity contribution in [3.05, 3.63) is 108 Å². The number of nitrogens with zero attached hydrogens (tertiary/aromatic N) is 2. The van der Waals surface area contributed by atoms with E-state index >= 15 is 0 Å². The average molecular weight is 433 g/mol. The number of pyridine rings is 1. The van der Waals surface area contributed by atoms with E-state index in [4.69, 9.17) is 4.98 Å². The second kappa shape index (κ2) is 9.09. The highest BCUT2D eigenvalue weighted by molar-refractivity contribution is 6.10. The molecule has 0 aliphatic carbocycles. The van der Waals surface area contributed by atoms with Gasteiger partial charge in [-0.15, -0.1) is 0 Å². The predicted molar refractivity (Wildman–Crippen MR) is 132 cm³/mol. The van der Waals surface area contributed by atoms with Crippen molar-refractivity contribution in [2.24, 2.45) is 0 Å². The van der Waals surface area contributed by atoms with Gasteiger partial charge in [-0.05, 0) is 25.0 Å². The van der Waals surface area contributed by atoms with Gasteiger partial charge in [0.05, 0.1) is 22.3 Å². The van der Waals surface area contributed by atoms with Crippen molar-refractivity contribution >= 4 is 16.9 Å². The first-order valence-corrected chi connectivity index (χ1v) is 11.0. The second-order valence-corrected chi connectivity index (χ2v) is 8.08. The molecule has 2 heterocycles. The van der Waals surface area contributed by atoms with Gasteiger partial charge in [-0.2, -0.15) is 5.10 Å². The fraction of sp³-hybridized carbons (Fsp3) is 0.107. The highest BCUT2D eigenvalue weighted by Crippen LogP contribution is 2.31. The quantitative estimate of drug-likeness (QED) is 0.368. The number of hydrogen-bond acceptors (Lipinski definition) is 3. The molecule has 2 N–H and O–H groups in total. The van der Waals surface area contributed by atoms with E-state index in [0.717, 1.165) is 34.3 Å². The van der Waals surface area contributed by atoms with E-state index in [1.54, 1.807) is 0 Å². The van der Waals surface area contributed by atoms with Crippen LogP contribution < -0.4 is 5.32 Å². The van der Waals surface area contributed by atoms with Crippen LogP contribution in [0.15, 0.2) is 91.0 Å². The zero-order valence-corrected chi connectivity index (χ0v) is 18.4. The summed E-state index contributed by atoms with van der Waals surface area (Å²) in [5.74, 6) is -0.134. The maximum atomic E-state index is 13.4. The lowest BCUT2D eigenvalue weighted by atomic mass is 10.0. The molecule has 0 bridgehead atoms. The first-order valence-electron chi connectivity index (χ1n) is 11.0. The number of aryl methyl sites for hydroxylation is 1. The van der Waals surface area contributed by atoms with Gasteiger partial charge in [0.25, 0.3) is 5.91 Å². The number of rotatable bonds is 6. The van der Waals surface area contributed by atoms with Crippen LogP contribution in [0.3, 0.4) is 0 Å². The Morgan fingerprint density at radius 2 is 1.58 bits per heavy atom. The smallest absolute Gasteiger partial charge is 0.252 e. The molecule has 5 rings (SSSR count). The lowest BCUT2D eigenvalue weighted by Crippen LogP contribution is -2.26. The van der Waals surface area contributed by atoms with E-state index in [2.05, 4.69) is 27.6 Å². The molecular weight excluding hydrogens is 408 g/mol. The van der Waals surface area contributed by atoms with Gasteiger partial charge in [0.1, 0.15) is 0 Å². The highest BCUT2D eigenvalue weighted by atomic mass is 16.1. The minimum Gasteiger partial charge on any atom is -0.352 e. The third-order valence-corrected chi connectivity index (χ3v) is 5.72. The van der Waals surface area contributed by atoms with Crippen molar-refractivity contribution in [3.63, 3.8) is 0 Å². The lowest BCUT2D eigenvalue weighted by molar-refractivity contribution is 0.0956. The summed E-state index contributed by atoms with van der Waals surface area (Å²) in [5.41, 5.74) is 6.88. The monoisotopic (exact) mass is 432 g/mol. The molecule has 5 aromatic rings. The Hall–Kier alpha value is -4.25. The van der Waals surface area contributed by atoms with Crippen molar-refractivity contribution in [3.8, 4) is 22.5 Å². The molecular formula is C28H24N4O. The van der Waals surface area contributed by atoms with Crippen LogP contribution in [0.5, 0.6) is 0 Å². The van der Waals surface area contributed by atoms with Gasteiger partial charge in [0.15, 0.2) is 5.65 Å². The minimum atomic E-state index is -0.134. The summed E-state index contributed by atoms with van der Waals surface area (Å²) in [6.07, 6.45) is 0.766. The number of hydrogen-bond donors (Lipinski definition) is 2. The fourth-order valence-electron chi connectivity index (χ4n) is 3.95. The van der Waals surface area contributed by atoms with Crippen molar-refractivity contribution in [1.29, 1.82) is 0 Å². The SMILES string of the molecule is Cc1ccc(-c2cc(C(=O)NCCc3ccccc3)c3c(-c4ccccc4)[nH]nc3n2)cc1. The number of carbonyl (C=O) groups is 1. The van der Waals surface area contributed by atoms with Crippen molar-refractivity contribution in [2.75, 3.05) is 6.54 Å². The second-order valence-electron chi connectivity index (χ2n) is 8.08. The molecule has 0 atom stereocenters. The van der Waals surface area contributed by atoms with Crippen molar-refractivity contribution < 1.29 is 4.79 Å². The summed E-state index contributed by atoms with van der Waals surface area (Å²) in [4.78, 5) is 18.2. The maximum Gasteiger partial charge on any atom is 0.252 e. The van der Waals surface area contributed by atoms with E-state index in [0.29, 0.717) is 17.8 Å². The van der Waals surface area contributed by atoms with Gasteiger partial charge in [-0.3, -0.25) is 9.89 Å². The molecule has 5 heteroatoms. The van der Waals surface area contributed by atoms with Gasteiger partial charge in [-0.1, -0.05) is 90.5 Å². The molecule has 0 aliphatic heterocycles. The summed E-state index contributed by atoms with van der Waals surface area (Å²) < 4.78 is 0. The lowest BCUT2D eigenvalue weighted by Gasteiger charge is -2.10. The molecule has 0 spiro atoms. The summed E-state index contributed by atoms with van der Waals surface area (Å²) in [6.45, 7) is 2.59. The fourth-order valence-corrected chi connectivity index (χ4v) is 3.95.